The quantitative estimate of drug-likeness (QED) is 0.816. The van der Waals surface area contributed by atoms with Crippen LogP contribution in [0.5, 0.6) is 11.5 Å². The van der Waals surface area contributed by atoms with Crippen LogP contribution in [0.1, 0.15) is 0 Å². The van der Waals surface area contributed by atoms with Crippen LogP contribution >= 0.6 is 23.2 Å². The van der Waals surface area contributed by atoms with Crippen LogP contribution in [0, 0.1) is 0 Å². The Morgan fingerprint density at radius 1 is 1.05 bits per heavy atom. The van der Waals surface area contributed by atoms with E-state index in [-0.39, 0.29) is 21.4 Å². The number of rotatable bonds is 2. The van der Waals surface area contributed by atoms with Crippen LogP contribution in [0.2, 0.25) is 10.0 Å². The van der Waals surface area contributed by atoms with Gasteiger partial charge in [-0.25, -0.2) is 0 Å². The summed E-state index contributed by atoms with van der Waals surface area (Å²) in [6.07, 6.45) is -4.84. The highest BCUT2D eigenvalue weighted by atomic mass is 35.5. The lowest BCUT2D eigenvalue weighted by Gasteiger charge is -2.12. The second kappa shape index (κ2) is 5.42. The van der Waals surface area contributed by atoms with Crippen molar-refractivity contribution in [3.63, 3.8) is 0 Å². The number of hydrogen-bond acceptors (Lipinski definition) is 2. The van der Waals surface area contributed by atoms with E-state index in [1.165, 1.54) is 6.07 Å². The summed E-state index contributed by atoms with van der Waals surface area (Å²) in [6, 6.07) is 7.95. The number of aromatic hydroxyl groups is 1. The van der Waals surface area contributed by atoms with Gasteiger partial charge in [-0.05, 0) is 23.8 Å². The summed E-state index contributed by atoms with van der Waals surface area (Å²) >= 11 is 11.8. The van der Waals surface area contributed by atoms with Crippen LogP contribution < -0.4 is 4.74 Å². The van der Waals surface area contributed by atoms with Crippen molar-refractivity contribution in [1.82, 2.24) is 0 Å². The number of phenolic OH excluding ortho intramolecular Hbond substituents is 1. The van der Waals surface area contributed by atoms with Gasteiger partial charge in [-0.15, -0.1) is 13.2 Å². The van der Waals surface area contributed by atoms with E-state index < -0.39 is 12.1 Å². The summed E-state index contributed by atoms with van der Waals surface area (Å²) in [4.78, 5) is 0. The molecule has 0 aliphatic heterocycles. The average Bonchev–Trinajstić information content (AvgIpc) is 2.29. The Morgan fingerprint density at radius 3 is 2.40 bits per heavy atom. The molecule has 0 fully saturated rings. The summed E-state index contributed by atoms with van der Waals surface area (Å²) in [5, 5.41) is 9.92. The van der Waals surface area contributed by atoms with Crippen LogP contribution in [-0.4, -0.2) is 11.5 Å². The lowest BCUT2D eigenvalue weighted by molar-refractivity contribution is -0.274. The van der Waals surface area contributed by atoms with Crippen molar-refractivity contribution in [2.45, 2.75) is 6.36 Å². The molecule has 1 N–H and O–H groups in total. The average molecular weight is 323 g/mol. The van der Waals surface area contributed by atoms with E-state index in [0.717, 1.165) is 12.1 Å². The minimum absolute atomic E-state index is 0.178. The van der Waals surface area contributed by atoms with Crippen molar-refractivity contribution in [1.29, 1.82) is 0 Å². The molecule has 0 heterocycles. The lowest BCUT2D eigenvalue weighted by Crippen LogP contribution is -2.17. The highest BCUT2D eigenvalue weighted by Crippen LogP contribution is 2.37. The molecule has 7 heteroatoms. The van der Waals surface area contributed by atoms with Crippen molar-refractivity contribution < 1.29 is 23.0 Å². The van der Waals surface area contributed by atoms with Gasteiger partial charge in [-0.3, -0.25) is 0 Å². The van der Waals surface area contributed by atoms with Crippen LogP contribution in [-0.2, 0) is 0 Å². The molecule has 2 aromatic rings. The zero-order valence-corrected chi connectivity index (χ0v) is 11.2. The second-order valence-corrected chi connectivity index (χ2v) is 4.65. The first-order valence-corrected chi connectivity index (χ1v) is 6.06. The molecule has 0 radical (unpaired) electrons. The molecule has 106 valence electrons. The van der Waals surface area contributed by atoms with E-state index >= 15 is 0 Å². The Balaban J connectivity index is 2.50. The van der Waals surface area contributed by atoms with Gasteiger partial charge in [0, 0.05) is 11.6 Å². The first-order valence-electron chi connectivity index (χ1n) is 5.30. The molecule has 0 bridgehead atoms. The van der Waals surface area contributed by atoms with Gasteiger partial charge in [0.05, 0.1) is 10.0 Å². The van der Waals surface area contributed by atoms with Crippen molar-refractivity contribution in [3.8, 4) is 22.6 Å². The molecule has 0 saturated heterocycles. The van der Waals surface area contributed by atoms with E-state index in [4.69, 9.17) is 23.2 Å². The molecule has 0 aliphatic rings. The fourth-order valence-corrected chi connectivity index (χ4v) is 2.07. The Kier molecular flexibility index (Phi) is 4.01. The van der Waals surface area contributed by atoms with Gasteiger partial charge in [-0.1, -0.05) is 35.3 Å². The highest BCUT2D eigenvalue weighted by Gasteiger charge is 2.31. The second-order valence-electron chi connectivity index (χ2n) is 3.86. The molecular formula is C13H7Cl2F3O2. The normalized spacial score (nSPS) is 11.4. The molecule has 0 amide bonds. The van der Waals surface area contributed by atoms with E-state index in [0.29, 0.717) is 5.56 Å². The molecule has 2 nitrogen and oxygen atoms in total. The van der Waals surface area contributed by atoms with Crippen molar-refractivity contribution >= 4 is 23.2 Å². The van der Waals surface area contributed by atoms with Gasteiger partial charge in [0.2, 0.25) is 0 Å². The highest BCUT2D eigenvalue weighted by molar-refractivity contribution is 6.43. The number of halogens is 5. The predicted octanol–water partition coefficient (Wildman–Crippen LogP) is 5.26. The minimum atomic E-state index is -4.84. The van der Waals surface area contributed by atoms with E-state index in [2.05, 4.69) is 4.74 Å². The molecule has 0 spiro atoms. The Hall–Kier alpha value is -1.59. The summed E-state index contributed by atoms with van der Waals surface area (Å²) in [7, 11) is 0. The van der Waals surface area contributed by atoms with Crippen LogP contribution in [0.3, 0.4) is 0 Å². The maximum atomic E-state index is 12.2. The summed E-state index contributed by atoms with van der Waals surface area (Å²) in [5.74, 6) is -0.915. The largest absolute Gasteiger partial charge is 0.573 e. The summed E-state index contributed by atoms with van der Waals surface area (Å²) in [6.45, 7) is 0. The molecule has 0 saturated carbocycles. The van der Waals surface area contributed by atoms with Gasteiger partial charge >= 0.3 is 6.36 Å². The zero-order valence-electron chi connectivity index (χ0n) is 9.71. The SMILES string of the molecule is Oc1cc(OC(F)(F)F)cc(-c2cccc(Cl)c2Cl)c1. The number of phenols is 1. The fraction of sp³-hybridized carbons (Fsp3) is 0.0769. The van der Waals surface area contributed by atoms with Crippen LogP contribution in [0.4, 0.5) is 13.2 Å². The topological polar surface area (TPSA) is 29.5 Å². The molecule has 0 aromatic heterocycles. The monoisotopic (exact) mass is 322 g/mol. The van der Waals surface area contributed by atoms with Crippen molar-refractivity contribution in [2.24, 2.45) is 0 Å². The maximum absolute atomic E-state index is 12.2. The number of benzene rings is 2. The van der Waals surface area contributed by atoms with Gasteiger partial charge in [-0.2, -0.15) is 0 Å². The fourth-order valence-electron chi connectivity index (χ4n) is 1.66. The Labute approximate surface area is 122 Å². The Morgan fingerprint density at radius 2 is 1.75 bits per heavy atom. The number of hydrogen-bond donors (Lipinski definition) is 1. The van der Waals surface area contributed by atoms with E-state index in [9.17, 15) is 18.3 Å². The molecule has 0 atom stereocenters. The molecule has 0 aliphatic carbocycles. The lowest BCUT2D eigenvalue weighted by atomic mass is 10.1. The van der Waals surface area contributed by atoms with E-state index in [1.54, 1.807) is 18.2 Å². The third kappa shape index (κ3) is 3.49. The first kappa shape index (κ1) is 14.8. The number of alkyl halides is 3. The molecule has 2 aromatic carbocycles. The molecular weight excluding hydrogens is 316 g/mol. The van der Waals surface area contributed by atoms with Gasteiger partial charge in [0.25, 0.3) is 0 Å². The zero-order chi connectivity index (χ0) is 14.9. The molecule has 0 unspecified atom stereocenters. The summed E-state index contributed by atoms with van der Waals surface area (Å²) in [5.41, 5.74) is 0.652. The van der Waals surface area contributed by atoms with Crippen LogP contribution in [0.25, 0.3) is 11.1 Å². The molecule has 20 heavy (non-hydrogen) atoms. The third-order valence-electron chi connectivity index (χ3n) is 2.39. The maximum Gasteiger partial charge on any atom is 0.573 e. The summed E-state index contributed by atoms with van der Waals surface area (Å²) < 4.78 is 40.4. The third-order valence-corrected chi connectivity index (χ3v) is 3.21. The predicted molar refractivity (Wildman–Crippen MR) is 70.2 cm³/mol. The van der Waals surface area contributed by atoms with Gasteiger partial charge in [0.15, 0.2) is 0 Å². The minimum Gasteiger partial charge on any atom is -0.508 e. The molecule has 2 rings (SSSR count). The first-order chi connectivity index (χ1) is 9.26. The van der Waals surface area contributed by atoms with E-state index in [1.807, 2.05) is 0 Å². The van der Waals surface area contributed by atoms with Crippen molar-refractivity contribution in [3.05, 3.63) is 46.4 Å². The van der Waals surface area contributed by atoms with Crippen LogP contribution in [0.15, 0.2) is 36.4 Å². The Bertz CT molecular complexity index is 642. The number of ether oxygens (including phenoxy) is 1. The van der Waals surface area contributed by atoms with Gasteiger partial charge < -0.3 is 9.84 Å². The van der Waals surface area contributed by atoms with Crippen molar-refractivity contribution in [2.75, 3.05) is 0 Å². The smallest absolute Gasteiger partial charge is 0.508 e. The van der Waals surface area contributed by atoms with Gasteiger partial charge in [0.1, 0.15) is 11.5 Å². The standard InChI is InChI=1S/C13H7Cl2F3O2/c14-11-3-1-2-10(12(11)15)7-4-8(19)6-9(5-7)20-13(16,17)18/h1-6,19H.